The van der Waals surface area contributed by atoms with Gasteiger partial charge in [-0.15, -0.1) is 21.5 Å². The first kappa shape index (κ1) is 17.5. The van der Waals surface area contributed by atoms with Gasteiger partial charge in [0.15, 0.2) is 13.1 Å². The Balaban J connectivity index is 1.64. The van der Waals surface area contributed by atoms with E-state index in [0.29, 0.717) is 44.6 Å². The molecule has 0 bridgehead atoms. The van der Waals surface area contributed by atoms with Crippen LogP contribution in [0.4, 0.5) is 4.79 Å². The Bertz CT molecular complexity index is 717. The molecule has 1 fully saturated rings. The third-order valence-electron chi connectivity index (χ3n) is 3.82. The zero-order valence-corrected chi connectivity index (χ0v) is 14.7. The second kappa shape index (κ2) is 8.19. The molecule has 1 aliphatic rings. The number of urea groups is 1. The average molecular weight is 366 g/mol. The normalized spacial score (nSPS) is 15.4. The number of imide groups is 1. The fourth-order valence-electron chi connectivity index (χ4n) is 2.54. The van der Waals surface area contributed by atoms with E-state index < -0.39 is 0 Å². The van der Waals surface area contributed by atoms with Crippen LogP contribution < -0.4 is 10.2 Å². The summed E-state index contributed by atoms with van der Waals surface area (Å²) in [6.45, 7) is 2.52. The molecule has 3 rings (SSSR count). The Morgan fingerprint density at radius 3 is 3.08 bits per heavy atom. The molecule has 0 saturated carbocycles. The lowest BCUT2D eigenvalue weighted by atomic mass is 10.4. The highest BCUT2D eigenvalue weighted by Crippen LogP contribution is 2.22. The molecule has 0 spiro atoms. The maximum Gasteiger partial charge on any atom is 0.324 e. The predicted octanol–water partition coefficient (Wildman–Crippen LogP) is -0.619. The molecular formula is C15H20N5O4S+. The maximum absolute atomic E-state index is 12.3. The van der Waals surface area contributed by atoms with Gasteiger partial charge in [-0.25, -0.2) is 4.79 Å². The van der Waals surface area contributed by atoms with Crippen molar-refractivity contribution < 1.29 is 23.6 Å². The number of rotatable bonds is 8. The summed E-state index contributed by atoms with van der Waals surface area (Å²) in [5.74, 6) is 0.702. The number of amides is 3. The Morgan fingerprint density at radius 1 is 1.52 bits per heavy atom. The van der Waals surface area contributed by atoms with Crippen molar-refractivity contribution in [3.05, 3.63) is 23.4 Å². The van der Waals surface area contributed by atoms with E-state index in [-0.39, 0.29) is 18.5 Å². The lowest BCUT2D eigenvalue weighted by Gasteiger charge is -2.19. The van der Waals surface area contributed by atoms with Crippen molar-refractivity contribution in [3.8, 4) is 10.8 Å². The Kier molecular flexibility index (Phi) is 5.74. The summed E-state index contributed by atoms with van der Waals surface area (Å²) >= 11 is 1.52. The standard InChI is InChI=1S/C15H19N5O4S/c1-23-7-6-19(10-13(21)20-5-4-16-15(20)22)9-12-17-18-14(24-12)11-3-2-8-25-11/h2-3,8H,4-7,9-10H2,1H3,(H,16,22)/p+1. The van der Waals surface area contributed by atoms with Crippen molar-refractivity contribution in [1.82, 2.24) is 20.4 Å². The van der Waals surface area contributed by atoms with Gasteiger partial charge >= 0.3 is 6.03 Å². The van der Waals surface area contributed by atoms with E-state index in [1.807, 2.05) is 17.5 Å². The number of aromatic nitrogens is 2. The number of nitrogens with one attached hydrogen (secondary N) is 2. The number of quaternary nitrogens is 1. The maximum atomic E-state index is 12.3. The van der Waals surface area contributed by atoms with Crippen molar-refractivity contribution in [2.45, 2.75) is 6.54 Å². The number of nitrogens with zero attached hydrogens (tertiary/aromatic N) is 3. The van der Waals surface area contributed by atoms with Crippen LogP contribution in [0.5, 0.6) is 0 Å². The van der Waals surface area contributed by atoms with E-state index in [1.165, 1.54) is 16.2 Å². The van der Waals surface area contributed by atoms with Crippen LogP contribution >= 0.6 is 11.3 Å². The topological polar surface area (TPSA) is 102 Å². The summed E-state index contributed by atoms with van der Waals surface area (Å²) in [6.07, 6.45) is 0. The minimum Gasteiger partial charge on any atom is -0.414 e. The summed E-state index contributed by atoms with van der Waals surface area (Å²) in [4.78, 5) is 27.0. The molecule has 3 heterocycles. The molecule has 2 aromatic heterocycles. The third-order valence-corrected chi connectivity index (χ3v) is 4.68. The first-order valence-electron chi connectivity index (χ1n) is 7.94. The number of carbonyl (C=O) groups is 2. The van der Waals surface area contributed by atoms with Crippen LogP contribution in [-0.4, -0.2) is 66.9 Å². The first-order chi connectivity index (χ1) is 12.2. The third kappa shape index (κ3) is 4.41. The van der Waals surface area contributed by atoms with Gasteiger partial charge < -0.3 is 19.4 Å². The molecule has 0 radical (unpaired) electrons. The molecule has 1 unspecified atom stereocenters. The molecule has 0 aromatic carbocycles. The van der Waals surface area contributed by atoms with Crippen LogP contribution in [-0.2, 0) is 16.1 Å². The average Bonchev–Trinajstić information content (AvgIpc) is 3.33. The van der Waals surface area contributed by atoms with Gasteiger partial charge in [0.1, 0.15) is 6.54 Å². The zero-order chi connectivity index (χ0) is 17.6. The van der Waals surface area contributed by atoms with E-state index in [0.717, 1.165) is 9.78 Å². The van der Waals surface area contributed by atoms with Crippen LogP contribution in [0.25, 0.3) is 10.8 Å². The van der Waals surface area contributed by atoms with Gasteiger partial charge in [0.2, 0.25) is 0 Å². The van der Waals surface area contributed by atoms with Crippen molar-refractivity contribution in [1.29, 1.82) is 0 Å². The Hall–Kier alpha value is -2.30. The van der Waals surface area contributed by atoms with E-state index >= 15 is 0 Å². The van der Waals surface area contributed by atoms with Gasteiger partial charge in [-0.1, -0.05) is 6.07 Å². The van der Waals surface area contributed by atoms with Gasteiger partial charge in [0.05, 0.1) is 11.5 Å². The first-order valence-corrected chi connectivity index (χ1v) is 8.82. The highest BCUT2D eigenvalue weighted by molar-refractivity contribution is 7.13. The summed E-state index contributed by atoms with van der Waals surface area (Å²) < 4.78 is 10.8. The highest BCUT2D eigenvalue weighted by Gasteiger charge is 2.29. The molecule has 134 valence electrons. The van der Waals surface area contributed by atoms with Crippen molar-refractivity contribution >= 4 is 23.3 Å². The summed E-state index contributed by atoms with van der Waals surface area (Å²) in [5.41, 5.74) is 0. The van der Waals surface area contributed by atoms with E-state index in [4.69, 9.17) is 9.15 Å². The summed E-state index contributed by atoms with van der Waals surface area (Å²) in [5, 5.41) is 12.7. The van der Waals surface area contributed by atoms with Crippen LogP contribution in [0.2, 0.25) is 0 Å². The second-order valence-electron chi connectivity index (χ2n) is 5.60. The van der Waals surface area contributed by atoms with Gasteiger partial charge in [-0.05, 0) is 11.4 Å². The van der Waals surface area contributed by atoms with Crippen molar-refractivity contribution in [2.24, 2.45) is 0 Å². The van der Waals surface area contributed by atoms with E-state index in [1.54, 1.807) is 7.11 Å². The molecule has 9 nitrogen and oxygen atoms in total. The molecule has 2 aromatic rings. The molecule has 3 amide bonds. The molecular weight excluding hydrogens is 346 g/mol. The lowest BCUT2D eigenvalue weighted by molar-refractivity contribution is -0.907. The Labute approximate surface area is 148 Å². The minimum atomic E-state index is -0.339. The summed E-state index contributed by atoms with van der Waals surface area (Å²) in [7, 11) is 1.61. The molecule has 1 saturated heterocycles. The van der Waals surface area contributed by atoms with Crippen molar-refractivity contribution in [2.75, 3.05) is 39.9 Å². The lowest BCUT2D eigenvalue weighted by Crippen LogP contribution is -3.12. The predicted molar refractivity (Wildman–Crippen MR) is 89.0 cm³/mol. The SMILES string of the molecule is COCC[NH+](CC(=O)N1CCNC1=O)Cc1nnc(-c2cccs2)o1. The van der Waals surface area contributed by atoms with Crippen LogP contribution in [0.1, 0.15) is 5.89 Å². The fraction of sp³-hybridized carbons (Fsp3) is 0.467. The number of thiophene rings is 1. The molecule has 10 heteroatoms. The van der Waals surface area contributed by atoms with Gasteiger partial charge in [-0.2, -0.15) is 0 Å². The van der Waals surface area contributed by atoms with E-state index in [9.17, 15) is 9.59 Å². The quantitative estimate of drug-likeness (QED) is 0.646. The molecule has 1 atom stereocenters. The van der Waals surface area contributed by atoms with Crippen LogP contribution in [0, 0.1) is 0 Å². The Morgan fingerprint density at radius 2 is 2.40 bits per heavy atom. The molecule has 1 aliphatic heterocycles. The zero-order valence-electron chi connectivity index (χ0n) is 13.9. The van der Waals surface area contributed by atoms with Crippen LogP contribution in [0.15, 0.2) is 21.9 Å². The van der Waals surface area contributed by atoms with E-state index in [2.05, 4.69) is 15.5 Å². The van der Waals surface area contributed by atoms with Gasteiger partial charge in [0.25, 0.3) is 17.7 Å². The molecule has 25 heavy (non-hydrogen) atoms. The number of carbonyl (C=O) groups excluding carboxylic acids is 2. The number of hydrogen-bond donors (Lipinski definition) is 2. The molecule has 0 aliphatic carbocycles. The van der Waals surface area contributed by atoms with Crippen molar-refractivity contribution in [3.63, 3.8) is 0 Å². The second-order valence-corrected chi connectivity index (χ2v) is 6.55. The summed E-state index contributed by atoms with van der Waals surface area (Å²) in [6, 6.07) is 3.49. The molecule has 2 N–H and O–H groups in total. The number of ether oxygens (including phenoxy) is 1. The fourth-order valence-corrected chi connectivity index (χ4v) is 3.19. The number of hydrogen-bond acceptors (Lipinski definition) is 7. The van der Waals surface area contributed by atoms with Gasteiger partial charge in [-0.3, -0.25) is 9.69 Å². The highest BCUT2D eigenvalue weighted by atomic mass is 32.1. The largest absolute Gasteiger partial charge is 0.414 e. The number of methoxy groups -OCH3 is 1. The smallest absolute Gasteiger partial charge is 0.324 e. The van der Waals surface area contributed by atoms with Gasteiger partial charge in [0, 0.05) is 20.2 Å². The monoisotopic (exact) mass is 366 g/mol. The van der Waals surface area contributed by atoms with Crippen LogP contribution in [0.3, 0.4) is 0 Å². The minimum absolute atomic E-state index is 0.160.